The molecule has 0 unspecified atom stereocenters. The lowest BCUT2D eigenvalue weighted by atomic mass is 10.5. The minimum absolute atomic E-state index is 0.874. The summed E-state index contributed by atoms with van der Waals surface area (Å²) in [5.74, 6) is 0. The third-order valence-corrected chi connectivity index (χ3v) is 1.50. The zero-order valence-electron chi connectivity index (χ0n) is 9.22. The number of rotatable bonds is 6. The molecule has 0 aromatic carbocycles. The van der Waals surface area contributed by atoms with E-state index in [1.807, 2.05) is 44.3 Å². The highest BCUT2D eigenvalue weighted by atomic mass is 15.4. The summed E-state index contributed by atoms with van der Waals surface area (Å²) in [6, 6.07) is 0. The van der Waals surface area contributed by atoms with Gasteiger partial charge in [0.05, 0.1) is 0 Å². The first kappa shape index (κ1) is 12.5. The van der Waals surface area contributed by atoms with Gasteiger partial charge in [-0.2, -0.15) is 5.10 Å². The van der Waals surface area contributed by atoms with Gasteiger partial charge < -0.3 is 4.90 Å². The van der Waals surface area contributed by atoms with Crippen LogP contribution in [0.3, 0.4) is 0 Å². The summed E-state index contributed by atoms with van der Waals surface area (Å²) < 4.78 is 0. The smallest absolute Gasteiger partial charge is 0.111 e. The minimum atomic E-state index is 0.874. The van der Waals surface area contributed by atoms with Crippen LogP contribution in [0.4, 0.5) is 0 Å². The van der Waals surface area contributed by atoms with Crippen molar-refractivity contribution in [3.63, 3.8) is 0 Å². The molecule has 0 radical (unpaired) electrons. The Hall–Kier alpha value is -1.51. The van der Waals surface area contributed by atoms with Crippen LogP contribution in [-0.2, 0) is 0 Å². The van der Waals surface area contributed by atoms with Crippen molar-refractivity contribution >= 4 is 6.34 Å². The highest BCUT2D eigenvalue weighted by molar-refractivity contribution is 5.54. The molecule has 0 saturated carbocycles. The molecule has 0 fully saturated rings. The Balaban J connectivity index is 3.89. The summed E-state index contributed by atoms with van der Waals surface area (Å²) in [6.45, 7) is 6.46. The van der Waals surface area contributed by atoms with Crippen molar-refractivity contribution in [1.82, 2.24) is 9.91 Å². The Morgan fingerprint density at radius 2 is 2.07 bits per heavy atom. The number of allylic oxidation sites excluding steroid dienone is 3. The van der Waals surface area contributed by atoms with E-state index in [0.29, 0.717) is 0 Å². The van der Waals surface area contributed by atoms with Crippen molar-refractivity contribution in [3.8, 4) is 0 Å². The summed E-state index contributed by atoms with van der Waals surface area (Å²) in [5, 5.41) is 5.91. The van der Waals surface area contributed by atoms with Crippen LogP contribution < -0.4 is 0 Å². The van der Waals surface area contributed by atoms with Crippen LogP contribution in [-0.4, -0.2) is 36.9 Å². The molecule has 0 heterocycles. The van der Waals surface area contributed by atoms with Gasteiger partial charge in [-0.1, -0.05) is 24.8 Å². The molecule has 3 heteroatoms. The van der Waals surface area contributed by atoms with E-state index in [4.69, 9.17) is 0 Å². The maximum atomic E-state index is 4.18. The first-order valence-corrected chi connectivity index (χ1v) is 4.58. The van der Waals surface area contributed by atoms with Crippen molar-refractivity contribution in [2.24, 2.45) is 5.10 Å². The zero-order chi connectivity index (χ0) is 10.8. The number of likely N-dealkylation sites (N-methyl/N-ethyl adjacent to an activating group) is 1. The molecular formula is C11H19N3. The molecule has 3 nitrogen and oxygen atoms in total. The van der Waals surface area contributed by atoms with E-state index in [1.165, 1.54) is 0 Å². The maximum absolute atomic E-state index is 4.18. The largest absolute Gasteiger partial charge is 0.361 e. The van der Waals surface area contributed by atoms with Crippen LogP contribution in [0, 0.1) is 0 Å². The number of hydrogen-bond donors (Lipinski definition) is 0. The van der Waals surface area contributed by atoms with E-state index >= 15 is 0 Å². The monoisotopic (exact) mass is 193 g/mol. The lowest BCUT2D eigenvalue weighted by Crippen LogP contribution is -2.17. The molecule has 0 atom stereocenters. The topological polar surface area (TPSA) is 18.8 Å². The summed E-state index contributed by atoms with van der Waals surface area (Å²) in [6.07, 6.45) is 11.3. The fourth-order valence-corrected chi connectivity index (χ4v) is 0.712. The van der Waals surface area contributed by atoms with Gasteiger partial charge in [-0.25, -0.2) is 0 Å². The molecule has 0 aliphatic heterocycles. The molecule has 0 saturated heterocycles. The van der Waals surface area contributed by atoms with Gasteiger partial charge in [-0.3, -0.25) is 5.01 Å². The van der Waals surface area contributed by atoms with Gasteiger partial charge in [0.15, 0.2) is 0 Å². The van der Waals surface area contributed by atoms with Crippen LogP contribution in [0.1, 0.15) is 6.92 Å². The van der Waals surface area contributed by atoms with E-state index < -0.39 is 0 Å². The molecule has 0 aromatic rings. The van der Waals surface area contributed by atoms with Crippen molar-refractivity contribution < 1.29 is 0 Å². The molecule has 0 rings (SSSR count). The average molecular weight is 193 g/mol. The highest BCUT2D eigenvalue weighted by Crippen LogP contribution is 1.86. The Kier molecular flexibility index (Phi) is 7.23. The predicted molar refractivity (Wildman–Crippen MR) is 63.0 cm³/mol. The van der Waals surface area contributed by atoms with Crippen molar-refractivity contribution in [2.75, 3.05) is 20.6 Å². The summed E-state index contributed by atoms with van der Waals surface area (Å²) in [4.78, 5) is 2.00. The number of nitrogens with zero attached hydrogens (tertiary/aromatic N) is 3. The van der Waals surface area contributed by atoms with Crippen LogP contribution in [0.5, 0.6) is 0 Å². The molecule has 0 N–H and O–H groups in total. The Bertz CT molecular complexity index is 229. The van der Waals surface area contributed by atoms with E-state index in [1.54, 1.807) is 17.4 Å². The van der Waals surface area contributed by atoms with Gasteiger partial charge >= 0.3 is 0 Å². The molecule has 0 spiro atoms. The lowest BCUT2D eigenvalue weighted by molar-refractivity contribution is 0.471. The Morgan fingerprint density at radius 1 is 1.36 bits per heavy atom. The SMILES string of the molecule is C=C/C=C\N(C)/N=C\N(C)C/C=C\C. The minimum Gasteiger partial charge on any atom is -0.361 e. The van der Waals surface area contributed by atoms with E-state index in [0.717, 1.165) is 6.54 Å². The molecule has 14 heavy (non-hydrogen) atoms. The predicted octanol–water partition coefficient (Wildman–Crippen LogP) is 2.07. The van der Waals surface area contributed by atoms with Crippen molar-refractivity contribution in [2.45, 2.75) is 6.92 Å². The molecule has 0 aliphatic carbocycles. The normalized spacial score (nSPS) is 11.6. The Labute approximate surface area is 86.7 Å². The summed E-state index contributed by atoms with van der Waals surface area (Å²) in [7, 11) is 3.86. The highest BCUT2D eigenvalue weighted by Gasteiger charge is 1.87. The second-order valence-electron chi connectivity index (χ2n) is 2.89. The third kappa shape index (κ3) is 7.16. The maximum Gasteiger partial charge on any atom is 0.111 e. The van der Waals surface area contributed by atoms with Crippen LogP contribution in [0.15, 0.2) is 42.2 Å². The van der Waals surface area contributed by atoms with E-state index in [2.05, 4.69) is 17.8 Å². The van der Waals surface area contributed by atoms with Crippen LogP contribution in [0.2, 0.25) is 0 Å². The van der Waals surface area contributed by atoms with Gasteiger partial charge in [0, 0.05) is 26.8 Å². The molecule has 78 valence electrons. The molecule has 0 amide bonds. The quantitative estimate of drug-likeness (QED) is 0.211. The third-order valence-electron chi connectivity index (χ3n) is 1.50. The van der Waals surface area contributed by atoms with Crippen molar-refractivity contribution in [3.05, 3.63) is 37.1 Å². The summed E-state index contributed by atoms with van der Waals surface area (Å²) >= 11 is 0. The molecule has 0 aromatic heterocycles. The fraction of sp³-hybridized carbons (Fsp3) is 0.364. The second kappa shape index (κ2) is 8.10. The van der Waals surface area contributed by atoms with E-state index in [9.17, 15) is 0 Å². The molecular weight excluding hydrogens is 174 g/mol. The van der Waals surface area contributed by atoms with Crippen LogP contribution in [0.25, 0.3) is 0 Å². The van der Waals surface area contributed by atoms with Gasteiger partial charge in [0.25, 0.3) is 0 Å². The molecule has 0 aliphatic rings. The fourth-order valence-electron chi connectivity index (χ4n) is 0.712. The van der Waals surface area contributed by atoms with Gasteiger partial charge in [-0.05, 0) is 13.0 Å². The summed E-state index contributed by atoms with van der Waals surface area (Å²) in [5.41, 5.74) is 0. The van der Waals surface area contributed by atoms with Gasteiger partial charge in [-0.15, -0.1) is 0 Å². The van der Waals surface area contributed by atoms with Gasteiger partial charge in [0.1, 0.15) is 6.34 Å². The zero-order valence-corrected chi connectivity index (χ0v) is 9.22. The number of hydrogen-bond acceptors (Lipinski definition) is 2. The Morgan fingerprint density at radius 3 is 2.64 bits per heavy atom. The molecule has 0 bridgehead atoms. The number of hydrazone groups is 1. The average Bonchev–Trinajstić information content (AvgIpc) is 2.20. The first-order chi connectivity index (χ1) is 6.70. The first-order valence-electron chi connectivity index (χ1n) is 4.58. The van der Waals surface area contributed by atoms with E-state index in [-0.39, 0.29) is 0 Å². The van der Waals surface area contributed by atoms with Crippen molar-refractivity contribution in [1.29, 1.82) is 0 Å². The van der Waals surface area contributed by atoms with Crippen LogP contribution >= 0.6 is 0 Å². The second-order valence-corrected chi connectivity index (χ2v) is 2.89. The lowest BCUT2D eigenvalue weighted by Gasteiger charge is -2.11. The van der Waals surface area contributed by atoms with Gasteiger partial charge in [0.2, 0.25) is 0 Å². The standard InChI is InChI=1S/C11H19N3/c1-5-7-9-13(3)11-12-14(4)10-8-6-2/h5-8,10-11H,2,9H2,1,3-4H3/b7-5-,10-8-,12-11-.